The molecule has 0 spiro atoms. The van der Waals surface area contributed by atoms with Crippen molar-refractivity contribution < 1.29 is 4.79 Å². The standard InChI is InChI=1S/C20H20N4O/c1-15(25)24-13-17-6-2-3-7-18(17)19(14-24)20-22-9-10-23(20)12-16-5-4-8-21-11-16/h2-11,19H,12-14H2,1H3/t19-/m1/s1. The Balaban J connectivity index is 1.72. The second kappa shape index (κ2) is 6.51. The van der Waals surface area contributed by atoms with Crippen LogP contribution in [0.2, 0.25) is 0 Å². The van der Waals surface area contributed by atoms with E-state index in [1.54, 1.807) is 13.1 Å². The fraction of sp³-hybridized carbons (Fsp3) is 0.250. The van der Waals surface area contributed by atoms with Crippen LogP contribution in [0.4, 0.5) is 0 Å². The molecule has 1 aliphatic rings. The molecule has 25 heavy (non-hydrogen) atoms. The maximum Gasteiger partial charge on any atom is 0.219 e. The minimum atomic E-state index is 0.0838. The number of rotatable bonds is 3. The highest BCUT2D eigenvalue weighted by Crippen LogP contribution is 2.33. The Hall–Kier alpha value is -2.95. The summed E-state index contributed by atoms with van der Waals surface area (Å²) in [7, 11) is 0. The van der Waals surface area contributed by atoms with E-state index in [1.807, 2.05) is 35.6 Å². The summed E-state index contributed by atoms with van der Waals surface area (Å²) in [4.78, 5) is 22.7. The first-order chi connectivity index (χ1) is 12.2. The molecular formula is C20H20N4O. The number of carbonyl (C=O) groups is 1. The fourth-order valence-electron chi connectivity index (χ4n) is 3.52. The molecule has 1 amide bonds. The van der Waals surface area contributed by atoms with Crippen LogP contribution in [0.5, 0.6) is 0 Å². The van der Waals surface area contributed by atoms with Gasteiger partial charge in [0.05, 0.1) is 12.5 Å². The molecule has 0 radical (unpaired) electrons. The largest absolute Gasteiger partial charge is 0.338 e. The minimum absolute atomic E-state index is 0.0838. The van der Waals surface area contributed by atoms with Crippen molar-refractivity contribution in [1.29, 1.82) is 0 Å². The second-order valence-electron chi connectivity index (χ2n) is 6.43. The van der Waals surface area contributed by atoms with E-state index in [4.69, 9.17) is 0 Å². The van der Waals surface area contributed by atoms with Gasteiger partial charge in [0.25, 0.3) is 0 Å². The first kappa shape index (κ1) is 15.6. The Morgan fingerprint density at radius 2 is 2.08 bits per heavy atom. The average molecular weight is 332 g/mol. The van der Waals surface area contributed by atoms with E-state index in [-0.39, 0.29) is 11.8 Å². The molecule has 4 rings (SSSR count). The van der Waals surface area contributed by atoms with Gasteiger partial charge in [-0.3, -0.25) is 9.78 Å². The minimum Gasteiger partial charge on any atom is -0.338 e. The Bertz CT molecular complexity index is 887. The lowest BCUT2D eigenvalue weighted by atomic mass is 9.89. The number of benzene rings is 1. The number of imidazole rings is 1. The molecule has 126 valence electrons. The van der Waals surface area contributed by atoms with E-state index in [2.05, 4.69) is 38.8 Å². The average Bonchev–Trinajstić information content (AvgIpc) is 3.09. The third-order valence-electron chi connectivity index (χ3n) is 4.78. The van der Waals surface area contributed by atoms with Crippen LogP contribution < -0.4 is 0 Å². The molecule has 0 bridgehead atoms. The van der Waals surface area contributed by atoms with Gasteiger partial charge >= 0.3 is 0 Å². The van der Waals surface area contributed by atoms with Crippen molar-refractivity contribution in [3.05, 3.63) is 83.7 Å². The second-order valence-corrected chi connectivity index (χ2v) is 6.43. The van der Waals surface area contributed by atoms with Crippen molar-refractivity contribution in [2.24, 2.45) is 0 Å². The molecule has 2 aromatic heterocycles. The zero-order valence-electron chi connectivity index (χ0n) is 14.2. The quantitative estimate of drug-likeness (QED) is 0.741. The number of carbonyl (C=O) groups excluding carboxylic acids is 1. The zero-order chi connectivity index (χ0) is 17.2. The van der Waals surface area contributed by atoms with Gasteiger partial charge in [-0.1, -0.05) is 30.3 Å². The van der Waals surface area contributed by atoms with Crippen LogP contribution in [0.3, 0.4) is 0 Å². The first-order valence-corrected chi connectivity index (χ1v) is 8.45. The summed E-state index contributed by atoms with van der Waals surface area (Å²) in [6.45, 7) is 3.69. The lowest BCUT2D eigenvalue weighted by Gasteiger charge is -2.34. The number of aromatic nitrogens is 3. The molecule has 0 unspecified atom stereocenters. The molecule has 1 atom stereocenters. The van der Waals surface area contributed by atoms with E-state index in [1.165, 1.54) is 11.1 Å². The van der Waals surface area contributed by atoms with Crippen LogP contribution in [0.15, 0.2) is 61.2 Å². The summed E-state index contributed by atoms with van der Waals surface area (Å²) >= 11 is 0. The maximum atomic E-state index is 12.0. The normalized spacial score (nSPS) is 16.5. The number of hydrogen-bond acceptors (Lipinski definition) is 3. The van der Waals surface area contributed by atoms with Gasteiger partial charge in [-0.25, -0.2) is 4.98 Å². The van der Waals surface area contributed by atoms with Gasteiger partial charge in [-0.05, 0) is 22.8 Å². The topological polar surface area (TPSA) is 51.0 Å². The molecule has 0 saturated carbocycles. The van der Waals surface area contributed by atoms with E-state index in [9.17, 15) is 4.79 Å². The van der Waals surface area contributed by atoms with Gasteiger partial charge < -0.3 is 9.47 Å². The number of hydrogen-bond donors (Lipinski definition) is 0. The third kappa shape index (κ3) is 3.05. The Labute approximate surface area is 147 Å². The van der Waals surface area contributed by atoms with Crippen LogP contribution in [0.1, 0.15) is 35.4 Å². The summed E-state index contributed by atoms with van der Waals surface area (Å²) in [6, 6.07) is 12.4. The van der Waals surface area contributed by atoms with Gasteiger partial charge in [0.15, 0.2) is 0 Å². The summed E-state index contributed by atoms with van der Waals surface area (Å²) in [5.41, 5.74) is 3.60. The number of amides is 1. The van der Waals surface area contributed by atoms with Crippen LogP contribution in [-0.4, -0.2) is 31.9 Å². The number of pyridine rings is 1. The van der Waals surface area contributed by atoms with Gasteiger partial charge in [0.1, 0.15) is 5.82 Å². The van der Waals surface area contributed by atoms with E-state index < -0.39 is 0 Å². The molecular weight excluding hydrogens is 312 g/mol. The molecule has 5 nitrogen and oxygen atoms in total. The fourth-order valence-corrected chi connectivity index (χ4v) is 3.52. The summed E-state index contributed by atoms with van der Waals surface area (Å²) in [6.07, 6.45) is 7.49. The smallest absolute Gasteiger partial charge is 0.219 e. The van der Waals surface area contributed by atoms with Gasteiger partial charge in [-0.15, -0.1) is 0 Å². The molecule has 0 saturated heterocycles. The predicted molar refractivity (Wildman–Crippen MR) is 94.9 cm³/mol. The van der Waals surface area contributed by atoms with Crippen LogP contribution in [-0.2, 0) is 17.9 Å². The van der Waals surface area contributed by atoms with Crippen molar-refractivity contribution in [1.82, 2.24) is 19.4 Å². The van der Waals surface area contributed by atoms with Crippen molar-refractivity contribution in [3.8, 4) is 0 Å². The molecule has 0 fully saturated rings. The van der Waals surface area contributed by atoms with Crippen molar-refractivity contribution in [2.75, 3.05) is 6.54 Å². The van der Waals surface area contributed by atoms with Crippen molar-refractivity contribution >= 4 is 5.91 Å². The lowest BCUT2D eigenvalue weighted by molar-refractivity contribution is -0.129. The first-order valence-electron chi connectivity index (χ1n) is 8.45. The van der Waals surface area contributed by atoms with Gasteiger partial charge in [-0.2, -0.15) is 0 Å². The summed E-state index contributed by atoms with van der Waals surface area (Å²) in [5, 5.41) is 0. The van der Waals surface area contributed by atoms with Crippen LogP contribution >= 0.6 is 0 Å². The van der Waals surface area contributed by atoms with E-state index >= 15 is 0 Å². The Morgan fingerprint density at radius 1 is 1.20 bits per heavy atom. The third-order valence-corrected chi connectivity index (χ3v) is 4.78. The van der Waals surface area contributed by atoms with Crippen molar-refractivity contribution in [3.63, 3.8) is 0 Å². The highest BCUT2D eigenvalue weighted by atomic mass is 16.2. The maximum absolute atomic E-state index is 12.0. The van der Waals surface area contributed by atoms with E-state index in [0.717, 1.165) is 17.9 Å². The van der Waals surface area contributed by atoms with Crippen molar-refractivity contribution in [2.45, 2.75) is 25.9 Å². The highest BCUT2D eigenvalue weighted by Gasteiger charge is 2.30. The summed E-state index contributed by atoms with van der Waals surface area (Å²) in [5.74, 6) is 1.17. The Kier molecular flexibility index (Phi) is 4.06. The molecule has 3 aromatic rings. The molecule has 0 aliphatic carbocycles. The number of fused-ring (bicyclic) bond motifs is 1. The van der Waals surface area contributed by atoms with Gasteiger partial charge in [0, 0.05) is 44.8 Å². The Morgan fingerprint density at radius 3 is 2.88 bits per heavy atom. The molecule has 1 aliphatic heterocycles. The van der Waals surface area contributed by atoms with Crippen LogP contribution in [0, 0.1) is 0 Å². The monoisotopic (exact) mass is 332 g/mol. The molecule has 1 aromatic carbocycles. The SMILES string of the molecule is CC(=O)N1Cc2ccccc2[C@H](c2nccn2Cc2cccnc2)C1. The highest BCUT2D eigenvalue weighted by molar-refractivity contribution is 5.74. The van der Waals surface area contributed by atoms with E-state index in [0.29, 0.717) is 13.1 Å². The molecule has 3 heterocycles. The summed E-state index contributed by atoms with van der Waals surface area (Å²) < 4.78 is 2.15. The van der Waals surface area contributed by atoms with Crippen LogP contribution in [0.25, 0.3) is 0 Å². The molecule has 0 N–H and O–H groups in total. The lowest BCUT2D eigenvalue weighted by Crippen LogP contribution is -2.38. The molecule has 5 heteroatoms. The zero-order valence-corrected chi connectivity index (χ0v) is 14.2. The predicted octanol–water partition coefficient (Wildman–Crippen LogP) is 2.82. The van der Waals surface area contributed by atoms with Gasteiger partial charge in [0.2, 0.25) is 5.91 Å². The number of nitrogens with zero attached hydrogens (tertiary/aromatic N) is 4.